The highest BCUT2D eigenvalue weighted by Crippen LogP contribution is 2.28. The number of nitriles is 1. The number of benzene rings is 2. The molecule has 0 fully saturated rings. The summed E-state index contributed by atoms with van der Waals surface area (Å²) in [7, 11) is 0. The molecule has 192 valence electrons. The Morgan fingerprint density at radius 1 is 1.05 bits per heavy atom. The first-order valence-electron chi connectivity index (χ1n) is 12.2. The molecule has 8 nitrogen and oxygen atoms in total. The molecule has 38 heavy (non-hydrogen) atoms. The summed E-state index contributed by atoms with van der Waals surface area (Å²) in [6.45, 7) is 8.73. The lowest BCUT2D eigenvalue weighted by Crippen LogP contribution is -2.20. The second-order valence-electron chi connectivity index (χ2n) is 9.52. The number of hydrogen-bond donors (Lipinski definition) is 1. The molecule has 0 unspecified atom stereocenters. The second kappa shape index (κ2) is 11.0. The molecule has 0 spiro atoms. The first kappa shape index (κ1) is 26.2. The number of anilines is 1. The van der Waals surface area contributed by atoms with Crippen LogP contribution in [0.15, 0.2) is 83.3 Å². The molecule has 4 rings (SSSR count). The van der Waals surface area contributed by atoms with Crippen molar-refractivity contribution in [3.8, 4) is 23.4 Å². The van der Waals surface area contributed by atoms with Crippen molar-refractivity contribution in [2.45, 2.75) is 33.1 Å². The Morgan fingerprint density at radius 2 is 1.74 bits per heavy atom. The van der Waals surface area contributed by atoms with E-state index in [2.05, 4.69) is 31.1 Å². The van der Waals surface area contributed by atoms with Gasteiger partial charge in [-0.25, -0.2) is 0 Å². The third kappa shape index (κ3) is 5.90. The fraction of sp³-hybridized carbons (Fsp3) is 0.200. The van der Waals surface area contributed by atoms with Gasteiger partial charge in [0.05, 0.1) is 6.61 Å². The van der Waals surface area contributed by atoms with Gasteiger partial charge in [-0.15, -0.1) is 0 Å². The molecule has 0 atom stereocenters. The molecule has 0 aliphatic heterocycles. The second-order valence-corrected chi connectivity index (χ2v) is 9.52. The lowest BCUT2D eigenvalue weighted by atomic mass is 9.87. The van der Waals surface area contributed by atoms with E-state index in [1.807, 2.05) is 25.1 Å². The Bertz CT molecular complexity index is 1590. The molecular weight excluding hydrogens is 480 g/mol. The minimum atomic E-state index is -0.672. The van der Waals surface area contributed by atoms with Crippen molar-refractivity contribution in [3.63, 3.8) is 0 Å². The molecule has 2 aromatic carbocycles. The van der Waals surface area contributed by atoms with E-state index in [1.165, 1.54) is 10.5 Å². The smallest absolute Gasteiger partial charge is 0.269 e. The normalized spacial score (nSPS) is 11.6. The number of amides is 1. The van der Waals surface area contributed by atoms with Gasteiger partial charge in [0.15, 0.2) is 0 Å². The van der Waals surface area contributed by atoms with Gasteiger partial charge in [0.1, 0.15) is 34.4 Å². The zero-order valence-electron chi connectivity index (χ0n) is 21.7. The molecule has 0 saturated carbocycles. The largest absolute Gasteiger partial charge is 0.494 e. The highest BCUT2D eigenvalue weighted by molar-refractivity contribution is 6.09. The van der Waals surface area contributed by atoms with E-state index in [9.17, 15) is 14.9 Å². The van der Waals surface area contributed by atoms with Crippen molar-refractivity contribution in [2.24, 2.45) is 0 Å². The molecule has 0 radical (unpaired) electrons. The van der Waals surface area contributed by atoms with Crippen molar-refractivity contribution in [3.05, 3.63) is 100.0 Å². The predicted octanol–water partition coefficient (Wildman–Crippen LogP) is 5.73. The molecule has 0 saturated heterocycles. The maximum absolute atomic E-state index is 13.4. The van der Waals surface area contributed by atoms with Crippen LogP contribution in [0.5, 0.6) is 17.4 Å². The van der Waals surface area contributed by atoms with Gasteiger partial charge in [0.25, 0.3) is 11.5 Å². The van der Waals surface area contributed by atoms with E-state index in [4.69, 9.17) is 9.47 Å². The van der Waals surface area contributed by atoms with E-state index in [-0.39, 0.29) is 22.4 Å². The Hall–Kier alpha value is -4.90. The molecule has 0 aliphatic carbocycles. The van der Waals surface area contributed by atoms with Gasteiger partial charge in [-0.2, -0.15) is 10.2 Å². The molecule has 8 heteroatoms. The Morgan fingerprint density at radius 3 is 2.37 bits per heavy atom. The third-order valence-electron chi connectivity index (χ3n) is 5.75. The monoisotopic (exact) mass is 508 g/mol. The number of nitrogens with one attached hydrogen (secondary N) is 1. The molecule has 2 heterocycles. The number of carbonyl (C=O) groups is 1. The van der Waals surface area contributed by atoms with Crippen LogP contribution in [-0.2, 0) is 10.2 Å². The molecule has 2 aromatic heterocycles. The van der Waals surface area contributed by atoms with Gasteiger partial charge in [-0.05, 0) is 72.5 Å². The Balaban J connectivity index is 1.71. The van der Waals surface area contributed by atoms with E-state index < -0.39 is 11.5 Å². The number of pyridine rings is 1. The van der Waals surface area contributed by atoms with Gasteiger partial charge in [-0.1, -0.05) is 39.0 Å². The molecule has 1 N–H and O–H groups in total. The minimum absolute atomic E-state index is 0.00803. The van der Waals surface area contributed by atoms with Crippen LogP contribution < -0.4 is 20.3 Å². The first-order valence-corrected chi connectivity index (χ1v) is 12.2. The number of ether oxygens (including phenoxy) is 2. The topological polar surface area (TPSA) is 106 Å². The lowest BCUT2D eigenvalue weighted by Gasteiger charge is -2.19. The Labute approximate surface area is 220 Å². The highest BCUT2D eigenvalue weighted by atomic mass is 16.5. The maximum atomic E-state index is 13.4. The number of carbonyl (C=O) groups excluding carboxylic acids is 1. The SMILES string of the molecule is CCOc1ccc(NC(=O)/C(C#N)=C/c2c(Oc3ccc(C(C)(C)C)cc3)nc3ccccn3c2=O)cc1. The summed E-state index contributed by atoms with van der Waals surface area (Å²) in [6, 6.07) is 21.3. The summed E-state index contributed by atoms with van der Waals surface area (Å²) in [4.78, 5) is 30.8. The average molecular weight is 509 g/mol. The number of hydrogen-bond acceptors (Lipinski definition) is 6. The first-order chi connectivity index (χ1) is 18.2. The molecule has 0 bridgehead atoms. The van der Waals surface area contributed by atoms with Crippen LogP contribution in [0, 0.1) is 11.3 Å². The molecule has 1 amide bonds. The van der Waals surface area contributed by atoms with Gasteiger partial charge < -0.3 is 14.8 Å². The van der Waals surface area contributed by atoms with Crippen molar-refractivity contribution >= 4 is 23.3 Å². The third-order valence-corrected chi connectivity index (χ3v) is 5.75. The molecule has 4 aromatic rings. The summed E-state index contributed by atoms with van der Waals surface area (Å²) in [6.07, 6.45) is 2.77. The summed E-state index contributed by atoms with van der Waals surface area (Å²) in [5.41, 5.74) is 1.16. The highest BCUT2D eigenvalue weighted by Gasteiger charge is 2.18. The van der Waals surface area contributed by atoms with Crippen LogP contribution in [0.1, 0.15) is 38.8 Å². The van der Waals surface area contributed by atoms with Crippen LogP contribution in [0.4, 0.5) is 5.69 Å². The summed E-state index contributed by atoms with van der Waals surface area (Å²) < 4.78 is 12.8. The van der Waals surface area contributed by atoms with Crippen molar-refractivity contribution < 1.29 is 14.3 Å². The van der Waals surface area contributed by atoms with Gasteiger partial charge in [0.2, 0.25) is 5.88 Å². The quantitative estimate of drug-likeness (QED) is 0.252. The van der Waals surface area contributed by atoms with Crippen LogP contribution in [-0.4, -0.2) is 21.9 Å². The number of aromatic nitrogens is 2. The maximum Gasteiger partial charge on any atom is 0.269 e. The Kier molecular flexibility index (Phi) is 7.58. The van der Waals surface area contributed by atoms with Crippen LogP contribution >= 0.6 is 0 Å². The molecule has 0 aliphatic rings. The fourth-order valence-electron chi connectivity index (χ4n) is 3.71. The van der Waals surface area contributed by atoms with Crippen LogP contribution in [0.25, 0.3) is 11.7 Å². The van der Waals surface area contributed by atoms with Crippen molar-refractivity contribution in [2.75, 3.05) is 11.9 Å². The van der Waals surface area contributed by atoms with Gasteiger partial charge in [-0.3, -0.25) is 14.0 Å². The predicted molar refractivity (Wildman–Crippen MR) is 147 cm³/mol. The minimum Gasteiger partial charge on any atom is -0.494 e. The van der Waals surface area contributed by atoms with Crippen molar-refractivity contribution in [1.82, 2.24) is 9.38 Å². The number of rotatable bonds is 7. The summed E-state index contributed by atoms with van der Waals surface area (Å²) >= 11 is 0. The average Bonchev–Trinajstić information content (AvgIpc) is 2.90. The van der Waals surface area contributed by atoms with Gasteiger partial charge >= 0.3 is 0 Å². The van der Waals surface area contributed by atoms with Gasteiger partial charge in [0, 0.05) is 11.9 Å². The zero-order chi connectivity index (χ0) is 27.3. The van der Waals surface area contributed by atoms with Crippen LogP contribution in [0.3, 0.4) is 0 Å². The van der Waals surface area contributed by atoms with Crippen molar-refractivity contribution in [1.29, 1.82) is 5.26 Å². The van der Waals surface area contributed by atoms with E-state index in [0.29, 0.717) is 29.4 Å². The number of nitrogens with zero attached hydrogens (tertiary/aromatic N) is 3. The van der Waals surface area contributed by atoms with E-state index in [1.54, 1.807) is 60.8 Å². The summed E-state index contributed by atoms with van der Waals surface area (Å²) in [5, 5.41) is 12.4. The summed E-state index contributed by atoms with van der Waals surface area (Å²) in [5.74, 6) is 0.451. The fourth-order valence-corrected chi connectivity index (χ4v) is 3.71. The lowest BCUT2D eigenvalue weighted by molar-refractivity contribution is -0.112. The van der Waals surface area contributed by atoms with E-state index in [0.717, 1.165) is 5.56 Å². The van der Waals surface area contributed by atoms with Crippen LogP contribution in [0.2, 0.25) is 0 Å². The molecular formula is C30H28N4O4. The zero-order valence-corrected chi connectivity index (χ0v) is 21.7. The van der Waals surface area contributed by atoms with E-state index >= 15 is 0 Å². The number of fused-ring (bicyclic) bond motifs is 1. The standard InChI is InChI=1S/C30H28N4O4/c1-5-37-23-15-11-22(12-16-23)32-27(35)20(19-31)18-25-28(33-26-8-6-7-17-34(26)29(25)36)38-24-13-9-21(10-14-24)30(2,3)4/h6-18H,5H2,1-4H3,(H,32,35)/b20-18+.